The predicted octanol–water partition coefficient (Wildman–Crippen LogP) is 4.45. The summed E-state index contributed by atoms with van der Waals surface area (Å²) in [5, 5.41) is 14.8. The Morgan fingerprint density at radius 1 is 1.12 bits per heavy atom. The van der Waals surface area contributed by atoms with Crippen molar-refractivity contribution in [2.45, 2.75) is 0 Å². The molecular formula is C17H13Cl2N5O2. The molecule has 7 nitrogen and oxygen atoms in total. The third kappa shape index (κ3) is 4.38. The first-order valence-electron chi connectivity index (χ1n) is 7.42. The van der Waals surface area contributed by atoms with Crippen LogP contribution in [0.3, 0.4) is 0 Å². The SMILES string of the molecule is COC(=O)c1cccc(Nc2cnnc(Nc3cc(Cl)ccc3Cl)n2)c1. The first-order chi connectivity index (χ1) is 12.5. The number of ether oxygens (including phenoxy) is 1. The van der Waals surface area contributed by atoms with Crippen LogP contribution in [0.4, 0.5) is 23.1 Å². The molecule has 0 spiro atoms. The number of methoxy groups -OCH3 is 1. The molecule has 9 heteroatoms. The lowest BCUT2D eigenvalue weighted by atomic mass is 10.2. The van der Waals surface area contributed by atoms with Gasteiger partial charge in [0.15, 0.2) is 5.82 Å². The van der Waals surface area contributed by atoms with Gasteiger partial charge in [-0.05, 0) is 36.4 Å². The number of benzene rings is 2. The zero-order chi connectivity index (χ0) is 18.5. The molecule has 0 fully saturated rings. The van der Waals surface area contributed by atoms with Gasteiger partial charge in [-0.3, -0.25) is 0 Å². The average molecular weight is 390 g/mol. The van der Waals surface area contributed by atoms with Gasteiger partial charge in [-0.2, -0.15) is 10.1 Å². The summed E-state index contributed by atoms with van der Waals surface area (Å²) in [4.78, 5) is 15.9. The number of aromatic nitrogens is 3. The van der Waals surface area contributed by atoms with Gasteiger partial charge < -0.3 is 15.4 Å². The van der Waals surface area contributed by atoms with Gasteiger partial charge in [0.25, 0.3) is 0 Å². The highest BCUT2D eigenvalue weighted by Gasteiger charge is 2.08. The fourth-order valence-corrected chi connectivity index (χ4v) is 2.46. The topological polar surface area (TPSA) is 89.0 Å². The number of carbonyl (C=O) groups is 1. The van der Waals surface area contributed by atoms with Crippen LogP contribution in [0.2, 0.25) is 10.0 Å². The third-order valence-electron chi connectivity index (χ3n) is 3.29. The number of nitrogens with one attached hydrogen (secondary N) is 2. The fraction of sp³-hybridized carbons (Fsp3) is 0.0588. The van der Waals surface area contributed by atoms with Gasteiger partial charge in [-0.15, -0.1) is 5.10 Å². The van der Waals surface area contributed by atoms with E-state index in [0.29, 0.717) is 32.8 Å². The van der Waals surface area contributed by atoms with Gasteiger partial charge in [0.05, 0.1) is 29.6 Å². The zero-order valence-corrected chi connectivity index (χ0v) is 15.0. The Morgan fingerprint density at radius 3 is 2.77 bits per heavy atom. The first-order valence-corrected chi connectivity index (χ1v) is 8.18. The molecule has 3 rings (SSSR count). The molecule has 26 heavy (non-hydrogen) atoms. The van der Waals surface area contributed by atoms with Crippen LogP contribution >= 0.6 is 23.2 Å². The van der Waals surface area contributed by atoms with Crippen molar-refractivity contribution in [1.82, 2.24) is 15.2 Å². The van der Waals surface area contributed by atoms with E-state index in [9.17, 15) is 4.79 Å². The Morgan fingerprint density at radius 2 is 1.96 bits per heavy atom. The minimum absolute atomic E-state index is 0.239. The maximum absolute atomic E-state index is 11.6. The number of esters is 1. The van der Waals surface area contributed by atoms with Crippen LogP contribution in [0.25, 0.3) is 0 Å². The summed E-state index contributed by atoms with van der Waals surface area (Å²) in [5.74, 6) is 0.248. The maximum atomic E-state index is 11.6. The van der Waals surface area contributed by atoms with Crippen molar-refractivity contribution in [3.8, 4) is 0 Å². The molecule has 2 aromatic carbocycles. The van der Waals surface area contributed by atoms with Gasteiger partial charge in [0.1, 0.15) is 0 Å². The number of hydrogen-bond donors (Lipinski definition) is 2. The van der Waals surface area contributed by atoms with Crippen LogP contribution in [0, 0.1) is 0 Å². The summed E-state index contributed by atoms with van der Waals surface area (Å²) in [6, 6.07) is 11.8. The zero-order valence-electron chi connectivity index (χ0n) is 13.5. The van der Waals surface area contributed by atoms with E-state index in [-0.39, 0.29) is 5.95 Å². The molecular weight excluding hydrogens is 377 g/mol. The van der Waals surface area contributed by atoms with Gasteiger partial charge in [-0.25, -0.2) is 4.79 Å². The van der Waals surface area contributed by atoms with Gasteiger partial charge >= 0.3 is 5.97 Å². The molecule has 0 atom stereocenters. The van der Waals surface area contributed by atoms with Crippen LogP contribution in [0.15, 0.2) is 48.7 Å². The van der Waals surface area contributed by atoms with E-state index < -0.39 is 5.97 Å². The molecule has 0 bridgehead atoms. The molecule has 0 amide bonds. The molecule has 132 valence electrons. The van der Waals surface area contributed by atoms with E-state index in [2.05, 4.69) is 25.8 Å². The number of hydrogen-bond acceptors (Lipinski definition) is 7. The second-order valence-corrected chi connectivity index (χ2v) is 5.96. The standard InChI is InChI=1S/C17H13Cl2N5O2/c1-26-16(25)10-3-2-4-12(7-10)21-15-9-20-24-17(23-15)22-14-8-11(18)5-6-13(14)19/h2-9H,1H3,(H2,21,22,23,24). The van der Waals surface area contributed by atoms with Crippen molar-refractivity contribution < 1.29 is 9.53 Å². The maximum Gasteiger partial charge on any atom is 0.337 e. The first kappa shape index (κ1) is 17.9. The van der Waals surface area contributed by atoms with E-state index in [1.165, 1.54) is 13.3 Å². The summed E-state index contributed by atoms with van der Waals surface area (Å²) in [6.45, 7) is 0. The largest absolute Gasteiger partial charge is 0.465 e. The van der Waals surface area contributed by atoms with Crippen molar-refractivity contribution >= 4 is 52.3 Å². The van der Waals surface area contributed by atoms with Crippen LogP contribution < -0.4 is 10.6 Å². The molecule has 1 heterocycles. The minimum Gasteiger partial charge on any atom is -0.465 e. The number of carbonyl (C=O) groups excluding carboxylic acids is 1. The lowest BCUT2D eigenvalue weighted by molar-refractivity contribution is 0.0601. The number of anilines is 4. The lowest BCUT2D eigenvalue weighted by Crippen LogP contribution is -2.04. The predicted molar refractivity (Wildman–Crippen MR) is 101 cm³/mol. The Balaban J connectivity index is 1.79. The fourth-order valence-electron chi connectivity index (χ4n) is 2.12. The third-order valence-corrected chi connectivity index (χ3v) is 3.85. The second-order valence-electron chi connectivity index (χ2n) is 5.11. The van der Waals surface area contributed by atoms with Crippen LogP contribution in [0.1, 0.15) is 10.4 Å². The van der Waals surface area contributed by atoms with E-state index in [4.69, 9.17) is 27.9 Å². The summed E-state index contributed by atoms with van der Waals surface area (Å²) in [5.41, 5.74) is 1.63. The van der Waals surface area contributed by atoms with Crippen molar-refractivity contribution in [1.29, 1.82) is 0 Å². The highest BCUT2D eigenvalue weighted by Crippen LogP contribution is 2.27. The molecule has 0 radical (unpaired) electrons. The Hall–Kier alpha value is -2.90. The minimum atomic E-state index is -0.424. The summed E-state index contributed by atoms with van der Waals surface area (Å²) >= 11 is 12.1. The monoisotopic (exact) mass is 389 g/mol. The number of nitrogens with zero attached hydrogens (tertiary/aromatic N) is 3. The molecule has 0 saturated heterocycles. The summed E-state index contributed by atoms with van der Waals surface area (Å²) < 4.78 is 4.71. The molecule has 3 aromatic rings. The Labute approximate surface area is 159 Å². The molecule has 0 saturated carbocycles. The molecule has 0 aliphatic rings. The van der Waals surface area contributed by atoms with Gasteiger partial charge in [0, 0.05) is 10.7 Å². The van der Waals surface area contributed by atoms with Gasteiger partial charge in [-0.1, -0.05) is 29.3 Å². The number of rotatable bonds is 5. The summed E-state index contributed by atoms with van der Waals surface area (Å²) in [7, 11) is 1.33. The van der Waals surface area contributed by atoms with Gasteiger partial charge in [0.2, 0.25) is 5.95 Å². The van der Waals surface area contributed by atoms with Crippen molar-refractivity contribution in [2.24, 2.45) is 0 Å². The average Bonchev–Trinajstić information content (AvgIpc) is 2.64. The quantitative estimate of drug-likeness (QED) is 0.622. The number of halogens is 2. The van der Waals surface area contributed by atoms with Crippen molar-refractivity contribution in [3.63, 3.8) is 0 Å². The molecule has 1 aromatic heterocycles. The molecule has 0 aliphatic carbocycles. The molecule has 0 aliphatic heterocycles. The molecule has 2 N–H and O–H groups in total. The van der Waals surface area contributed by atoms with Crippen LogP contribution in [-0.4, -0.2) is 28.3 Å². The Bertz CT molecular complexity index is 952. The van der Waals surface area contributed by atoms with E-state index in [0.717, 1.165) is 0 Å². The normalized spacial score (nSPS) is 10.3. The van der Waals surface area contributed by atoms with E-state index in [1.807, 2.05) is 0 Å². The molecule has 0 unspecified atom stereocenters. The van der Waals surface area contributed by atoms with E-state index >= 15 is 0 Å². The summed E-state index contributed by atoms with van der Waals surface area (Å²) in [6.07, 6.45) is 1.45. The lowest BCUT2D eigenvalue weighted by Gasteiger charge is -2.09. The highest BCUT2D eigenvalue weighted by molar-refractivity contribution is 6.35. The Kier molecular flexibility index (Phi) is 5.50. The van der Waals surface area contributed by atoms with Crippen molar-refractivity contribution in [2.75, 3.05) is 17.7 Å². The highest BCUT2D eigenvalue weighted by atomic mass is 35.5. The second kappa shape index (κ2) is 7.99. The van der Waals surface area contributed by atoms with Crippen molar-refractivity contribution in [3.05, 3.63) is 64.3 Å². The van der Waals surface area contributed by atoms with Crippen LogP contribution in [-0.2, 0) is 4.74 Å². The van der Waals surface area contributed by atoms with E-state index in [1.54, 1.807) is 42.5 Å². The van der Waals surface area contributed by atoms with Crippen LogP contribution in [0.5, 0.6) is 0 Å². The smallest absolute Gasteiger partial charge is 0.337 e.